The van der Waals surface area contributed by atoms with Crippen molar-refractivity contribution >= 4 is 33.3 Å². The lowest BCUT2D eigenvalue weighted by Crippen LogP contribution is -2.34. The largest absolute Gasteiger partial charge is 0.862 e. The van der Waals surface area contributed by atoms with E-state index in [0.29, 0.717) is 24.3 Å². The van der Waals surface area contributed by atoms with Gasteiger partial charge in [0.05, 0.1) is 55.4 Å². The fourth-order valence-corrected chi connectivity index (χ4v) is 6.76. The number of benzene rings is 3. The van der Waals surface area contributed by atoms with Gasteiger partial charge in [-0.05, 0) is 116 Å². The first kappa shape index (κ1) is 37.2. The van der Waals surface area contributed by atoms with Crippen LogP contribution >= 0.6 is 0 Å². The molecule has 3 aromatic carbocycles. The zero-order valence-corrected chi connectivity index (χ0v) is 30.0. The number of nitrogens with zero attached hydrogens (tertiary/aromatic N) is 3. The molecule has 2 atom stereocenters. The van der Waals surface area contributed by atoms with E-state index in [4.69, 9.17) is 4.74 Å². The maximum Gasteiger partial charge on any atom is 0.206 e. The van der Waals surface area contributed by atoms with Gasteiger partial charge < -0.3 is 14.8 Å². The molecule has 0 N–H and O–H groups in total. The Morgan fingerprint density at radius 3 is 2.12 bits per heavy atom. The summed E-state index contributed by atoms with van der Waals surface area (Å²) >= 11 is 0. The van der Waals surface area contributed by atoms with Gasteiger partial charge in [0.1, 0.15) is 5.69 Å². The summed E-state index contributed by atoms with van der Waals surface area (Å²) in [5, 5.41) is 12.3. The number of epoxide rings is 1. The molecule has 3 aromatic rings. The number of aliphatic imine (C=N–C) groups is 2. The van der Waals surface area contributed by atoms with Crippen molar-refractivity contribution < 1.29 is 18.3 Å². The Kier molecular flexibility index (Phi) is 14.2. The molecule has 48 heavy (non-hydrogen) atoms. The van der Waals surface area contributed by atoms with Crippen LogP contribution in [0.1, 0.15) is 88.7 Å². The summed E-state index contributed by atoms with van der Waals surface area (Å²) in [5.74, 6) is -0.0990. The minimum atomic E-state index is -3.68. The number of sulfone groups is 1. The molecule has 2 unspecified atom stereocenters. The lowest BCUT2D eigenvalue weighted by atomic mass is 10.1. The van der Waals surface area contributed by atoms with Gasteiger partial charge in [-0.1, -0.05) is 63.3 Å². The zero-order valence-electron chi connectivity index (χ0n) is 29.2. The topological polar surface area (TPSA) is 94.5 Å². The summed E-state index contributed by atoms with van der Waals surface area (Å²) in [4.78, 5) is 9.10. The third-order valence-electron chi connectivity index (χ3n) is 8.68. The molecule has 1 heterocycles. The number of rotatable bonds is 20. The average molecular weight is 672 g/mol. The highest BCUT2D eigenvalue weighted by Gasteiger charge is 2.36. The Hall–Kier alpha value is -3.59. The molecule has 0 radical (unpaired) electrons. The molecule has 0 aromatic heterocycles. The first-order valence-corrected chi connectivity index (χ1v) is 19.0. The van der Waals surface area contributed by atoms with Crippen LogP contribution in [0.25, 0.3) is 0 Å². The Morgan fingerprint density at radius 2 is 1.46 bits per heavy atom. The van der Waals surface area contributed by atoms with Crippen LogP contribution in [-0.4, -0.2) is 53.9 Å². The van der Waals surface area contributed by atoms with Crippen molar-refractivity contribution in [1.29, 1.82) is 0 Å². The molecular weight excluding hydrogens is 619 g/mol. The van der Waals surface area contributed by atoms with E-state index in [9.17, 15) is 13.5 Å². The van der Waals surface area contributed by atoms with E-state index in [1.807, 2.05) is 12.1 Å². The highest BCUT2D eigenvalue weighted by Crippen LogP contribution is 2.30. The maximum atomic E-state index is 13.2. The molecule has 1 fully saturated rings. The van der Waals surface area contributed by atoms with Gasteiger partial charge in [0, 0.05) is 6.21 Å². The van der Waals surface area contributed by atoms with Gasteiger partial charge in [0.15, 0.2) is 0 Å². The van der Waals surface area contributed by atoms with Crippen LogP contribution < -0.4 is 9.59 Å². The minimum Gasteiger partial charge on any atom is -0.862 e. The molecular formula is C40H53N3O4S. The van der Waals surface area contributed by atoms with Crippen molar-refractivity contribution in [2.45, 2.75) is 106 Å². The van der Waals surface area contributed by atoms with Crippen LogP contribution in [0.4, 0.5) is 11.4 Å². The molecule has 0 bridgehead atoms. The standard InChI is InChI=1S/C40H53N3O4S/c1-5-6-15-38-39(47-38)16-13-11-9-7-8-10-12-14-17-40(44)42-31-33-20-26-36(27-21-33)48(45,46)37-28-22-34(23-29-37)41-30-32-18-24-35(25-19-32)43(2,3)4/h11,13,18-30,38-39H,5-10,12,14-17,31H2,1-4H3/b13-11+,41-30?. The Morgan fingerprint density at radius 1 is 0.812 bits per heavy atom. The number of quaternary nitrogens is 1. The van der Waals surface area contributed by atoms with E-state index in [0.717, 1.165) is 47.7 Å². The van der Waals surface area contributed by atoms with Gasteiger partial charge in [-0.2, -0.15) is 0 Å². The molecule has 0 amide bonds. The Bertz CT molecular complexity index is 1600. The van der Waals surface area contributed by atoms with Gasteiger partial charge in [-0.15, -0.1) is 0 Å². The lowest BCUT2D eigenvalue weighted by Gasteiger charge is -2.23. The summed E-state index contributed by atoms with van der Waals surface area (Å²) < 4.78 is 32.9. The van der Waals surface area contributed by atoms with E-state index in [1.165, 1.54) is 37.8 Å². The molecule has 0 saturated carbocycles. The summed E-state index contributed by atoms with van der Waals surface area (Å²) in [6.45, 7) is 2.47. The number of allylic oxidation sites excluding steroid dienone is 1. The molecule has 258 valence electrons. The Balaban J connectivity index is 1.13. The zero-order chi connectivity index (χ0) is 34.4. The summed E-state index contributed by atoms with van der Waals surface area (Å²) in [5.41, 5.74) is 3.64. The fourth-order valence-electron chi connectivity index (χ4n) is 5.50. The molecule has 0 aliphatic carbocycles. The van der Waals surface area contributed by atoms with Crippen molar-refractivity contribution in [1.82, 2.24) is 4.48 Å². The predicted octanol–water partition coefficient (Wildman–Crippen LogP) is 8.36. The van der Waals surface area contributed by atoms with Crippen LogP contribution in [0.3, 0.4) is 0 Å². The van der Waals surface area contributed by atoms with Gasteiger partial charge >= 0.3 is 0 Å². The second-order valence-corrected chi connectivity index (χ2v) is 15.5. The second-order valence-electron chi connectivity index (χ2n) is 13.6. The van der Waals surface area contributed by atoms with Crippen molar-refractivity contribution in [3.05, 3.63) is 96.1 Å². The number of ether oxygens (including phenoxy) is 1. The van der Waals surface area contributed by atoms with Gasteiger partial charge in [0.2, 0.25) is 9.84 Å². The van der Waals surface area contributed by atoms with E-state index in [2.05, 4.69) is 62.3 Å². The van der Waals surface area contributed by atoms with E-state index < -0.39 is 9.84 Å². The van der Waals surface area contributed by atoms with Gasteiger partial charge in [-0.3, -0.25) is 9.48 Å². The molecule has 7 nitrogen and oxygen atoms in total. The van der Waals surface area contributed by atoms with Crippen molar-refractivity contribution in [2.75, 3.05) is 21.1 Å². The smallest absolute Gasteiger partial charge is 0.206 e. The first-order valence-electron chi connectivity index (χ1n) is 17.5. The quantitative estimate of drug-likeness (QED) is 0.0301. The van der Waals surface area contributed by atoms with Crippen molar-refractivity contribution in [2.24, 2.45) is 9.98 Å². The predicted molar refractivity (Wildman–Crippen MR) is 197 cm³/mol. The fraction of sp³-hybridized carbons (Fsp3) is 0.450. The Labute approximate surface area is 288 Å². The van der Waals surface area contributed by atoms with Crippen molar-refractivity contribution in [3.8, 4) is 0 Å². The van der Waals surface area contributed by atoms with Crippen LogP contribution in [0.15, 0.2) is 105 Å². The monoisotopic (exact) mass is 671 g/mol. The molecule has 4 rings (SSSR count). The average Bonchev–Trinajstić information content (AvgIpc) is 3.84. The number of unbranched alkanes of at least 4 members (excludes halogenated alkanes) is 6. The maximum absolute atomic E-state index is 13.2. The van der Waals surface area contributed by atoms with Crippen LogP contribution in [-0.2, 0) is 21.1 Å². The molecule has 1 saturated heterocycles. The SMILES string of the molecule is CCCCC1OC1C/C=C/CCCCCCCC([O-])=NCc1ccc(S(=O)(=O)c2ccc(N=Cc3ccc([N+](C)(C)C)cc3)cc2)cc1. The normalized spacial score (nSPS) is 17.0. The highest BCUT2D eigenvalue weighted by atomic mass is 32.2. The molecule has 0 spiro atoms. The van der Waals surface area contributed by atoms with Crippen LogP contribution in [0.2, 0.25) is 0 Å². The van der Waals surface area contributed by atoms with Gasteiger partial charge in [0.25, 0.3) is 0 Å². The molecule has 8 heteroatoms. The second kappa shape index (κ2) is 18.2. The highest BCUT2D eigenvalue weighted by molar-refractivity contribution is 7.91. The lowest BCUT2D eigenvalue weighted by molar-refractivity contribution is -0.219. The van der Waals surface area contributed by atoms with E-state index in [-0.39, 0.29) is 22.2 Å². The third kappa shape index (κ3) is 12.1. The first-order chi connectivity index (χ1) is 23.1. The van der Waals surface area contributed by atoms with Crippen LogP contribution in [0, 0.1) is 0 Å². The molecule has 1 aliphatic rings. The minimum absolute atomic E-state index is 0.0990. The van der Waals surface area contributed by atoms with Gasteiger partial charge in [-0.25, -0.2) is 8.42 Å². The summed E-state index contributed by atoms with van der Waals surface area (Å²) in [7, 11) is 2.67. The molecule has 1 aliphatic heterocycles. The summed E-state index contributed by atoms with van der Waals surface area (Å²) in [6, 6.07) is 21.4. The number of hydrogen-bond acceptors (Lipinski definition) is 6. The van der Waals surface area contributed by atoms with E-state index in [1.54, 1.807) is 54.7 Å². The van der Waals surface area contributed by atoms with Crippen molar-refractivity contribution in [3.63, 3.8) is 0 Å². The van der Waals surface area contributed by atoms with Crippen LogP contribution in [0.5, 0.6) is 0 Å². The number of hydrogen-bond donors (Lipinski definition) is 0. The summed E-state index contributed by atoms with van der Waals surface area (Å²) in [6.07, 6.45) is 18.9. The third-order valence-corrected chi connectivity index (χ3v) is 10.5. The van der Waals surface area contributed by atoms with E-state index >= 15 is 0 Å².